The molecular weight excluding hydrogens is 354 g/mol. The summed E-state index contributed by atoms with van der Waals surface area (Å²) in [5.74, 6) is -0.560. The van der Waals surface area contributed by atoms with E-state index in [1.165, 1.54) is 22.3 Å². The minimum absolute atomic E-state index is 0.0173. The number of aliphatic carboxylic acids is 1. The van der Waals surface area contributed by atoms with Crippen molar-refractivity contribution in [1.29, 1.82) is 0 Å². The maximum atomic E-state index is 12.2. The van der Waals surface area contributed by atoms with Crippen molar-refractivity contribution in [2.75, 3.05) is 13.2 Å². The Labute approximate surface area is 165 Å². The zero-order valence-electron chi connectivity index (χ0n) is 16.4. The van der Waals surface area contributed by atoms with E-state index >= 15 is 0 Å². The van der Waals surface area contributed by atoms with Crippen LogP contribution in [0.25, 0.3) is 11.1 Å². The third-order valence-corrected chi connectivity index (χ3v) is 5.15. The number of nitrogens with one attached hydrogen (secondary N) is 1. The van der Waals surface area contributed by atoms with Crippen molar-refractivity contribution in [3.05, 3.63) is 59.7 Å². The Kier molecular flexibility index (Phi) is 6.34. The van der Waals surface area contributed by atoms with Crippen molar-refractivity contribution < 1.29 is 19.4 Å². The fraction of sp³-hybridized carbons (Fsp3) is 0.391. The van der Waals surface area contributed by atoms with Gasteiger partial charge in [-0.2, -0.15) is 0 Å². The molecule has 0 aliphatic heterocycles. The van der Waals surface area contributed by atoms with E-state index in [0.29, 0.717) is 12.5 Å². The molecule has 0 saturated heterocycles. The molecule has 0 bridgehead atoms. The van der Waals surface area contributed by atoms with Crippen LogP contribution in [0.4, 0.5) is 4.79 Å². The van der Waals surface area contributed by atoms with E-state index in [9.17, 15) is 9.59 Å². The van der Waals surface area contributed by atoms with Crippen molar-refractivity contribution in [2.24, 2.45) is 11.8 Å². The summed E-state index contributed by atoms with van der Waals surface area (Å²) in [6, 6.07) is 16.4. The number of hydrogen-bond donors (Lipinski definition) is 2. The molecule has 0 aromatic heterocycles. The van der Waals surface area contributed by atoms with Crippen LogP contribution in [0.5, 0.6) is 0 Å². The number of carboxylic acids is 1. The first-order valence-corrected chi connectivity index (χ1v) is 9.76. The highest BCUT2D eigenvalue weighted by molar-refractivity contribution is 5.79. The van der Waals surface area contributed by atoms with Gasteiger partial charge in [0.05, 0.1) is 0 Å². The summed E-state index contributed by atoms with van der Waals surface area (Å²) in [6.07, 6.45) is 0.290. The molecule has 148 valence electrons. The van der Waals surface area contributed by atoms with E-state index in [-0.39, 0.29) is 24.9 Å². The largest absolute Gasteiger partial charge is 0.481 e. The van der Waals surface area contributed by atoms with Gasteiger partial charge in [0.15, 0.2) is 0 Å². The van der Waals surface area contributed by atoms with Gasteiger partial charge in [-0.3, -0.25) is 4.79 Å². The Bertz CT molecular complexity index is 801. The summed E-state index contributed by atoms with van der Waals surface area (Å²) in [7, 11) is 0. The second-order valence-electron chi connectivity index (χ2n) is 7.80. The Balaban J connectivity index is 1.59. The quantitative estimate of drug-likeness (QED) is 0.697. The lowest BCUT2D eigenvalue weighted by molar-refractivity contribution is -0.138. The van der Waals surface area contributed by atoms with Crippen LogP contribution in [0.3, 0.4) is 0 Å². The summed E-state index contributed by atoms with van der Waals surface area (Å²) in [4.78, 5) is 23.2. The van der Waals surface area contributed by atoms with Gasteiger partial charge in [0.25, 0.3) is 0 Å². The number of carboxylic acid groups (broad SMARTS) is 1. The molecule has 5 heteroatoms. The van der Waals surface area contributed by atoms with Crippen LogP contribution in [0.15, 0.2) is 48.5 Å². The normalized spacial score (nSPS) is 13.7. The molecule has 0 heterocycles. The summed E-state index contributed by atoms with van der Waals surface area (Å²) < 4.78 is 5.50. The van der Waals surface area contributed by atoms with Crippen molar-refractivity contribution in [3.8, 4) is 11.1 Å². The molecule has 1 amide bonds. The molecule has 1 aliphatic rings. The molecule has 5 nitrogen and oxygen atoms in total. The van der Waals surface area contributed by atoms with E-state index in [2.05, 4.69) is 29.6 Å². The fourth-order valence-corrected chi connectivity index (χ4v) is 4.03. The van der Waals surface area contributed by atoms with Crippen molar-refractivity contribution in [3.63, 3.8) is 0 Å². The summed E-state index contributed by atoms with van der Waals surface area (Å²) in [5, 5.41) is 11.8. The summed E-state index contributed by atoms with van der Waals surface area (Å²) in [6.45, 7) is 4.65. The second-order valence-corrected chi connectivity index (χ2v) is 7.80. The number of fused-ring (bicyclic) bond motifs is 3. The third-order valence-electron chi connectivity index (χ3n) is 5.15. The second kappa shape index (κ2) is 8.91. The van der Waals surface area contributed by atoms with Gasteiger partial charge in [-0.15, -0.1) is 0 Å². The average molecular weight is 381 g/mol. The van der Waals surface area contributed by atoms with E-state index < -0.39 is 12.1 Å². The predicted octanol–water partition coefficient (Wildman–Crippen LogP) is 4.66. The van der Waals surface area contributed by atoms with E-state index in [1.807, 2.05) is 38.1 Å². The number of benzene rings is 2. The molecule has 2 aromatic carbocycles. The maximum absolute atomic E-state index is 12.2. The first kappa shape index (κ1) is 19.9. The lowest BCUT2D eigenvalue weighted by Crippen LogP contribution is -2.32. The number of ether oxygens (including phenoxy) is 1. The molecule has 0 fully saturated rings. The number of rotatable bonds is 8. The van der Waals surface area contributed by atoms with Crippen LogP contribution < -0.4 is 5.32 Å². The van der Waals surface area contributed by atoms with Gasteiger partial charge in [-0.05, 0) is 40.5 Å². The van der Waals surface area contributed by atoms with E-state index in [4.69, 9.17) is 9.84 Å². The summed E-state index contributed by atoms with van der Waals surface area (Å²) >= 11 is 0. The maximum Gasteiger partial charge on any atom is 0.407 e. The zero-order chi connectivity index (χ0) is 20.1. The van der Waals surface area contributed by atoms with Gasteiger partial charge in [-0.1, -0.05) is 62.4 Å². The highest BCUT2D eigenvalue weighted by atomic mass is 16.5. The molecule has 1 unspecified atom stereocenters. The average Bonchev–Trinajstić information content (AvgIpc) is 2.97. The topological polar surface area (TPSA) is 75.6 Å². The number of carbonyl (C=O) groups is 2. The van der Waals surface area contributed by atoms with Crippen LogP contribution in [0.2, 0.25) is 0 Å². The first-order valence-electron chi connectivity index (χ1n) is 9.76. The van der Waals surface area contributed by atoms with Crippen molar-refractivity contribution in [2.45, 2.75) is 32.6 Å². The molecule has 3 rings (SSSR count). The minimum atomic E-state index is -0.847. The van der Waals surface area contributed by atoms with Crippen molar-refractivity contribution in [1.82, 2.24) is 5.32 Å². The van der Waals surface area contributed by atoms with Gasteiger partial charge >= 0.3 is 12.1 Å². The molecule has 1 atom stereocenters. The number of carbonyl (C=O) groups excluding carboxylic acids is 1. The Morgan fingerprint density at radius 2 is 1.61 bits per heavy atom. The van der Waals surface area contributed by atoms with Crippen LogP contribution in [-0.2, 0) is 9.53 Å². The monoisotopic (exact) mass is 381 g/mol. The highest BCUT2D eigenvalue weighted by Crippen LogP contribution is 2.44. The number of hydrogen-bond acceptors (Lipinski definition) is 3. The van der Waals surface area contributed by atoms with Gasteiger partial charge < -0.3 is 15.2 Å². The third kappa shape index (κ3) is 4.71. The van der Waals surface area contributed by atoms with Crippen LogP contribution in [0.1, 0.15) is 43.7 Å². The lowest BCUT2D eigenvalue weighted by Gasteiger charge is -2.19. The molecule has 2 N–H and O–H groups in total. The van der Waals surface area contributed by atoms with Gasteiger partial charge in [0, 0.05) is 18.9 Å². The Morgan fingerprint density at radius 3 is 2.14 bits per heavy atom. The SMILES string of the molecule is CC(C)CC(CNC(=O)OCC1c2ccccc2-c2ccccc21)CC(=O)O. The molecule has 0 spiro atoms. The van der Waals surface area contributed by atoms with Crippen molar-refractivity contribution >= 4 is 12.1 Å². The highest BCUT2D eigenvalue weighted by Gasteiger charge is 2.29. The smallest absolute Gasteiger partial charge is 0.407 e. The minimum Gasteiger partial charge on any atom is -0.481 e. The van der Waals surface area contributed by atoms with Gasteiger partial charge in [0.1, 0.15) is 6.61 Å². The van der Waals surface area contributed by atoms with Gasteiger partial charge in [0.2, 0.25) is 0 Å². The molecule has 0 saturated carbocycles. The number of alkyl carbamates (subject to hydrolysis) is 1. The number of amides is 1. The Hall–Kier alpha value is -2.82. The standard InChI is InChI=1S/C23H27NO4/c1-15(2)11-16(12-22(25)26)13-24-23(27)28-14-21-19-9-5-3-7-17(19)18-8-4-6-10-20(18)21/h3-10,15-16,21H,11-14H2,1-2H3,(H,24,27)(H,25,26). The molecule has 2 aromatic rings. The predicted molar refractivity (Wildman–Crippen MR) is 108 cm³/mol. The molecule has 0 radical (unpaired) electrons. The van der Waals surface area contributed by atoms with Crippen LogP contribution in [-0.4, -0.2) is 30.3 Å². The van der Waals surface area contributed by atoms with E-state index in [1.54, 1.807) is 0 Å². The van der Waals surface area contributed by atoms with E-state index in [0.717, 1.165) is 6.42 Å². The molecular formula is C23H27NO4. The molecule has 1 aliphatic carbocycles. The first-order chi connectivity index (χ1) is 13.5. The van der Waals surface area contributed by atoms with Crippen LogP contribution in [0, 0.1) is 11.8 Å². The molecule has 28 heavy (non-hydrogen) atoms. The van der Waals surface area contributed by atoms with Gasteiger partial charge in [-0.25, -0.2) is 4.79 Å². The Morgan fingerprint density at radius 1 is 1.04 bits per heavy atom. The fourth-order valence-electron chi connectivity index (χ4n) is 4.03. The zero-order valence-corrected chi connectivity index (χ0v) is 16.4. The lowest BCUT2D eigenvalue weighted by atomic mass is 9.94. The van der Waals surface area contributed by atoms with Crippen LogP contribution >= 0.6 is 0 Å². The summed E-state index contributed by atoms with van der Waals surface area (Å²) in [5.41, 5.74) is 4.70.